The first-order chi connectivity index (χ1) is 12.5. The third kappa shape index (κ3) is 4.58. The van der Waals surface area contributed by atoms with E-state index >= 15 is 0 Å². The molecule has 0 spiro atoms. The number of aryl methyl sites for hydroxylation is 1. The average Bonchev–Trinajstić information content (AvgIpc) is 3.13. The van der Waals surface area contributed by atoms with Crippen LogP contribution in [-0.4, -0.2) is 35.1 Å². The molecule has 3 rings (SSSR count). The molecule has 26 heavy (non-hydrogen) atoms. The van der Waals surface area contributed by atoms with Crippen LogP contribution in [0.2, 0.25) is 0 Å². The fraction of sp³-hybridized carbons (Fsp3) is 0.450. The first-order valence-electron chi connectivity index (χ1n) is 9.14. The summed E-state index contributed by atoms with van der Waals surface area (Å²) in [6.45, 7) is 7.50. The monoisotopic (exact) mass is 354 g/mol. The number of nitrogens with zero attached hydrogens (tertiary/aromatic N) is 2. The van der Waals surface area contributed by atoms with E-state index in [0.717, 1.165) is 30.7 Å². The fourth-order valence-corrected chi connectivity index (χ4v) is 3.10. The molecule has 138 valence electrons. The van der Waals surface area contributed by atoms with Crippen LogP contribution in [0.15, 0.2) is 30.3 Å². The Hall–Kier alpha value is -2.47. The highest BCUT2D eigenvalue weighted by atomic mass is 16.5. The van der Waals surface area contributed by atoms with E-state index in [1.54, 1.807) is 13.0 Å². The van der Waals surface area contributed by atoms with Crippen LogP contribution in [0.3, 0.4) is 0 Å². The predicted molar refractivity (Wildman–Crippen MR) is 103 cm³/mol. The highest BCUT2D eigenvalue weighted by molar-refractivity contribution is 6.03. The van der Waals surface area contributed by atoms with Gasteiger partial charge in [-0.15, -0.1) is 0 Å². The summed E-state index contributed by atoms with van der Waals surface area (Å²) in [6, 6.07) is 9.53. The highest BCUT2D eigenvalue weighted by Crippen LogP contribution is 2.24. The molecular formula is C20H26N4O2. The number of hydrogen-bond acceptors (Lipinski definition) is 5. The molecule has 6 heteroatoms. The number of hydrogen-bond donors (Lipinski definition) is 2. The molecule has 1 aliphatic heterocycles. The van der Waals surface area contributed by atoms with Crippen molar-refractivity contribution in [2.24, 2.45) is 0 Å². The molecule has 1 unspecified atom stereocenters. The molecule has 1 fully saturated rings. The van der Waals surface area contributed by atoms with Gasteiger partial charge in [0.05, 0.1) is 6.10 Å². The molecule has 1 aliphatic rings. The molecule has 2 heterocycles. The normalized spacial score (nSPS) is 16.7. The summed E-state index contributed by atoms with van der Waals surface area (Å²) in [4.78, 5) is 21.4. The lowest BCUT2D eigenvalue weighted by Gasteiger charge is -2.14. The molecule has 0 radical (unpaired) electrons. The number of nitrogens with one attached hydrogen (secondary N) is 2. The third-order valence-corrected chi connectivity index (χ3v) is 4.44. The van der Waals surface area contributed by atoms with Crippen molar-refractivity contribution in [1.82, 2.24) is 9.97 Å². The number of amides is 1. The molecular weight excluding hydrogens is 328 g/mol. The van der Waals surface area contributed by atoms with Crippen LogP contribution in [0, 0.1) is 6.92 Å². The summed E-state index contributed by atoms with van der Waals surface area (Å²) in [5.41, 5.74) is 2.27. The summed E-state index contributed by atoms with van der Waals surface area (Å²) < 4.78 is 5.61. The Kier molecular flexibility index (Phi) is 5.83. The second-order valence-corrected chi connectivity index (χ2v) is 6.90. The Labute approximate surface area is 154 Å². The number of carbonyl (C=O) groups is 1. The molecule has 1 aromatic heterocycles. The second-order valence-electron chi connectivity index (χ2n) is 6.90. The Morgan fingerprint density at radius 2 is 2.12 bits per heavy atom. The maximum absolute atomic E-state index is 12.7. The summed E-state index contributed by atoms with van der Waals surface area (Å²) in [7, 11) is 0. The Balaban J connectivity index is 1.72. The van der Waals surface area contributed by atoms with Crippen molar-refractivity contribution in [2.45, 2.75) is 45.6 Å². The van der Waals surface area contributed by atoms with Crippen molar-refractivity contribution in [3.05, 3.63) is 47.4 Å². The zero-order chi connectivity index (χ0) is 18.5. The maximum Gasteiger partial charge on any atom is 0.274 e. The number of para-hydroxylation sites is 1. The van der Waals surface area contributed by atoms with E-state index in [-0.39, 0.29) is 12.0 Å². The minimum absolute atomic E-state index is 0.209. The quantitative estimate of drug-likeness (QED) is 0.826. The van der Waals surface area contributed by atoms with Gasteiger partial charge < -0.3 is 15.4 Å². The average molecular weight is 354 g/mol. The van der Waals surface area contributed by atoms with E-state index in [1.165, 1.54) is 0 Å². The van der Waals surface area contributed by atoms with Gasteiger partial charge in [-0.05, 0) is 37.3 Å². The second kappa shape index (κ2) is 8.27. The van der Waals surface area contributed by atoms with Crippen LogP contribution < -0.4 is 10.6 Å². The summed E-state index contributed by atoms with van der Waals surface area (Å²) in [6.07, 6.45) is 2.36. The maximum atomic E-state index is 12.7. The number of aromatic nitrogens is 2. The van der Waals surface area contributed by atoms with Crippen molar-refractivity contribution in [1.29, 1.82) is 0 Å². The van der Waals surface area contributed by atoms with E-state index in [4.69, 9.17) is 4.74 Å². The van der Waals surface area contributed by atoms with Crippen molar-refractivity contribution >= 4 is 17.4 Å². The molecule has 1 aromatic carbocycles. The number of rotatable bonds is 6. The number of carbonyl (C=O) groups excluding carboxylic acids is 1. The van der Waals surface area contributed by atoms with Gasteiger partial charge in [0.25, 0.3) is 5.91 Å². The topological polar surface area (TPSA) is 76.1 Å². The lowest BCUT2D eigenvalue weighted by molar-refractivity contribution is 0.102. The highest BCUT2D eigenvalue weighted by Gasteiger charge is 2.17. The van der Waals surface area contributed by atoms with Gasteiger partial charge in [0.15, 0.2) is 0 Å². The van der Waals surface area contributed by atoms with Crippen LogP contribution in [0.4, 0.5) is 11.5 Å². The molecule has 6 nitrogen and oxygen atoms in total. The Bertz CT molecular complexity index is 770. The number of anilines is 2. The first-order valence-corrected chi connectivity index (χ1v) is 9.14. The SMILES string of the molecule is Cc1nc(NCC2CCCO2)cc(C(=O)Nc2ccccc2C(C)C)n1. The predicted octanol–water partition coefficient (Wildman–Crippen LogP) is 3.75. The fourth-order valence-electron chi connectivity index (χ4n) is 3.10. The largest absolute Gasteiger partial charge is 0.376 e. The molecule has 0 saturated carbocycles. The minimum Gasteiger partial charge on any atom is -0.376 e. The zero-order valence-electron chi connectivity index (χ0n) is 15.6. The van der Waals surface area contributed by atoms with Crippen molar-refractivity contribution in [2.75, 3.05) is 23.8 Å². The Morgan fingerprint density at radius 1 is 1.31 bits per heavy atom. The van der Waals surface area contributed by atoms with E-state index in [9.17, 15) is 4.79 Å². The van der Waals surface area contributed by atoms with Crippen LogP contribution in [0.25, 0.3) is 0 Å². The number of ether oxygens (including phenoxy) is 1. The van der Waals surface area contributed by atoms with E-state index in [1.807, 2.05) is 24.3 Å². The summed E-state index contributed by atoms with van der Waals surface area (Å²) in [5.74, 6) is 1.30. The lowest BCUT2D eigenvalue weighted by Crippen LogP contribution is -2.21. The van der Waals surface area contributed by atoms with Crippen LogP contribution in [-0.2, 0) is 4.74 Å². The van der Waals surface area contributed by atoms with E-state index in [0.29, 0.717) is 29.8 Å². The summed E-state index contributed by atoms with van der Waals surface area (Å²) in [5, 5.41) is 6.24. The van der Waals surface area contributed by atoms with Gasteiger partial charge in [-0.3, -0.25) is 4.79 Å². The third-order valence-electron chi connectivity index (χ3n) is 4.44. The van der Waals surface area contributed by atoms with Gasteiger partial charge in [0.1, 0.15) is 17.3 Å². The van der Waals surface area contributed by atoms with Gasteiger partial charge in [-0.1, -0.05) is 32.0 Å². The molecule has 0 bridgehead atoms. The van der Waals surface area contributed by atoms with Crippen molar-refractivity contribution in [3.8, 4) is 0 Å². The Morgan fingerprint density at radius 3 is 2.85 bits per heavy atom. The minimum atomic E-state index is -0.233. The van der Waals surface area contributed by atoms with Crippen LogP contribution >= 0.6 is 0 Å². The van der Waals surface area contributed by atoms with Crippen molar-refractivity contribution in [3.63, 3.8) is 0 Å². The molecule has 2 aromatic rings. The van der Waals surface area contributed by atoms with Crippen LogP contribution in [0.1, 0.15) is 54.5 Å². The lowest BCUT2D eigenvalue weighted by atomic mass is 10.0. The van der Waals surface area contributed by atoms with Gasteiger partial charge in [0, 0.05) is 24.9 Å². The first kappa shape index (κ1) is 18.3. The zero-order valence-corrected chi connectivity index (χ0v) is 15.6. The van der Waals surface area contributed by atoms with Crippen LogP contribution in [0.5, 0.6) is 0 Å². The van der Waals surface area contributed by atoms with E-state index in [2.05, 4.69) is 34.4 Å². The van der Waals surface area contributed by atoms with Crippen molar-refractivity contribution < 1.29 is 9.53 Å². The van der Waals surface area contributed by atoms with Gasteiger partial charge >= 0.3 is 0 Å². The smallest absolute Gasteiger partial charge is 0.274 e. The molecule has 1 saturated heterocycles. The van der Waals surface area contributed by atoms with Gasteiger partial charge in [-0.25, -0.2) is 9.97 Å². The molecule has 2 N–H and O–H groups in total. The van der Waals surface area contributed by atoms with Gasteiger partial charge in [0.2, 0.25) is 0 Å². The van der Waals surface area contributed by atoms with E-state index < -0.39 is 0 Å². The summed E-state index contributed by atoms with van der Waals surface area (Å²) >= 11 is 0. The molecule has 1 amide bonds. The van der Waals surface area contributed by atoms with Gasteiger partial charge in [-0.2, -0.15) is 0 Å². The standard InChI is InChI=1S/C20H26N4O2/c1-13(2)16-8-4-5-9-17(16)24-20(25)18-11-19(23-14(3)22-18)21-12-15-7-6-10-26-15/h4-5,8-9,11,13,15H,6-7,10,12H2,1-3H3,(H,24,25)(H,21,22,23). The molecule has 0 aliphatic carbocycles. The number of benzene rings is 1. The molecule has 1 atom stereocenters.